The van der Waals surface area contributed by atoms with Crippen LogP contribution in [0.1, 0.15) is 24.3 Å². The quantitative estimate of drug-likeness (QED) is 0.493. The van der Waals surface area contributed by atoms with Gasteiger partial charge in [-0.05, 0) is 49.7 Å². The first-order valence-corrected chi connectivity index (χ1v) is 9.05. The smallest absolute Gasteiger partial charge is 0.465 e. The van der Waals surface area contributed by atoms with Gasteiger partial charge in [0, 0.05) is 10.6 Å². The first-order chi connectivity index (χ1) is 14.1. The van der Waals surface area contributed by atoms with Crippen LogP contribution in [0.3, 0.4) is 0 Å². The fraction of sp³-hybridized carbons (Fsp3) is 0.200. The van der Waals surface area contributed by atoms with Crippen molar-refractivity contribution < 1.29 is 32.3 Å². The lowest BCUT2D eigenvalue weighted by molar-refractivity contribution is -0.274. The number of benzene rings is 2. The van der Waals surface area contributed by atoms with Gasteiger partial charge in [0.05, 0.1) is 6.04 Å². The summed E-state index contributed by atoms with van der Waals surface area (Å²) in [5, 5.41) is 14.2. The molecular weight excluding hydrogens is 425 g/mol. The molecule has 1 unspecified atom stereocenters. The number of halogens is 4. The van der Waals surface area contributed by atoms with Gasteiger partial charge in [-0.25, -0.2) is 4.79 Å². The van der Waals surface area contributed by atoms with E-state index in [2.05, 4.69) is 9.89 Å². The molecule has 1 heterocycles. The molecule has 0 aliphatic heterocycles. The standard InChI is InChI=1S/C20H16ClF3N2O4/c1-11(15-5-3-4-6-16(15)21)26(19(27)28)18-12(2)30-25-17(18)13-7-9-14(10-8-13)29-20(22,23)24/h3-11H,1-2H3,(H,27,28). The molecule has 0 aliphatic rings. The zero-order valence-corrected chi connectivity index (χ0v) is 16.5. The monoisotopic (exact) mass is 440 g/mol. The predicted octanol–water partition coefficient (Wildman–Crippen LogP) is 6.45. The fourth-order valence-electron chi connectivity index (χ4n) is 3.06. The summed E-state index contributed by atoms with van der Waals surface area (Å²) in [6.45, 7) is 3.20. The molecule has 6 nitrogen and oxygen atoms in total. The summed E-state index contributed by atoms with van der Waals surface area (Å²) < 4.78 is 46.2. The van der Waals surface area contributed by atoms with E-state index in [4.69, 9.17) is 16.1 Å². The summed E-state index contributed by atoms with van der Waals surface area (Å²) >= 11 is 6.23. The van der Waals surface area contributed by atoms with Crippen LogP contribution in [-0.2, 0) is 0 Å². The number of aromatic nitrogens is 1. The maximum atomic E-state index is 12.4. The van der Waals surface area contributed by atoms with Gasteiger partial charge in [-0.3, -0.25) is 4.90 Å². The van der Waals surface area contributed by atoms with E-state index in [-0.39, 0.29) is 17.1 Å². The van der Waals surface area contributed by atoms with Crippen molar-refractivity contribution in [1.82, 2.24) is 5.16 Å². The number of nitrogens with zero attached hydrogens (tertiary/aromatic N) is 2. The van der Waals surface area contributed by atoms with Gasteiger partial charge in [0.2, 0.25) is 0 Å². The summed E-state index contributed by atoms with van der Waals surface area (Å²) in [6.07, 6.45) is -6.09. The Morgan fingerprint density at radius 3 is 2.40 bits per heavy atom. The van der Waals surface area contributed by atoms with E-state index >= 15 is 0 Å². The van der Waals surface area contributed by atoms with Gasteiger partial charge in [-0.1, -0.05) is 35.0 Å². The predicted molar refractivity (Wildman–Crippen MR) is 104 cm³/mol. The molecule has 1 amide bonds. The molecule has 1 atom stereocenters. The van der Waals surface area contributed by atoms with Gasteiger partial charge in [0.15, 0.2) is 5.76 Å². The number of amides is 1. The number of hydrogen-bond donors (Lipinski definition) is 1. The summed E-state index contributed by atoms with van der Waals surface area (Å²) in [4.78, 5) is 13.2. The average Bonchev–Trinajstić information content (AvgIpc) is 3.02. The zero-order chi connectivity index (χ0) is 22.1. The van der Waals surface area contributed by atoms with Gasteiger partial charge in [-0.15, -0.1) is 13.2 Å². The molecule has 0 radical (unpaired) electrons. The van der Waals surface area contributed by atoms with Crippen LogP contribution in [0.25, 0.3) is 11.3 Å². The van der Waals surface area contributed by atoms with E-state index in [1.165, 1.54) is 12.1 Å². The van der Waals surface area contributed by atoms with E-state index in [1.54, 1.807) is 38.1 Å². The Morgan fingerprint density at radius 2 is 1.83 bits per heavy atom. The minimum Gasteiger partial charge on any atom is -0.465 e. The number of hydrogen-bond acceptors (Lipinski definition) is 4. The normalized spacial score (nSPS) is 12.5. The summed E-state index contributed by atoms with van der Waals surface area (Å²) in [5.41, 5.74) is 1.25. The van der Waals surface area contributed by atoms with Crippen molar-refractivity contribution >= 4 is 23.4 Å². The average molecular weight is 441 g/mol. The lowest BCUT2D eigenvalue weighted by atomic mass is 10.0. The molecule has 1 aromatic heterocycles. The molecule has 0 fully saturated rings. The molecule has 30 heavy (non-hydrogen) atoms. The summed E-state index contributed by atoms with van der Waals surface area (Å²) in [6, 6.07) is 11.0. The molecule has 158 valence electrons. The Bertz CT molecular complexity index is 1050. The van der Waals surface area contributed by atoms with Crippen molar-refractivity contribution in [2.45, 2.75) is 26.3 Å². The highest BCUT2D eigenvalue weighted by Crippen LogP contribution is 2.39. The largest absolute Gasteiger partial charge is 0.573 e. The Kier molecular flexibility index (Phi) is 5.93. The van der Waals surface area contributed by atoms with E-state index in [9.17, 15) is 23.1 Å². The van der Waals surface area contributed by atoms with E-state index in [0.29, 0.717) is 16.1 Å². The second-order valence-electron chi connectivity index (χ2n) is 6.36. The van der Waals surface area contributed by atoms with E-state index < -0.39 is 24.2 Å². The molecule has 1 N–H and O–H groups in total. The lowest BCUT2D eigenvalue weighted by Gasteiger charge is -2.27. The van der Waals surface area contributed by atoms with Crippen molar-refractivity contribution in [3.05, 3.63) is 64.9 Å². The Hall–Kier alpha value is -3.20. The first kappa shape index (κ1) is 21.5. The highest BCUT2D eigenvalue weighted by atomic mass is 35.5. The van der Waals surface area contributed by atoms with Crippen molar-refractivity contribution in [2.75, 3.05) is 4.90 Å². The molecule has 0 saturated heterocycles. The van der Waals surface area contributed by atoms with Crippen LogP contribution in [0.5, 0.6) is 5.75 Å². The number of ether oxygens (including phenoxy) is 1. The minimum atomic E-state index is -4.82. The van der Waals surface area contributed by atoms with Crippen molar-refractivity contribution in [1.29, 1.82) is 0 Å². The number of alkyl halides is 3. The highest BCUT2D eigenvalue weighted by Gasteiger charge is 2.32. The number of anilines is 1. The summed E-state index contributed by atoms with van der Waals surface area (Å²) in [5.74, 6) is -0.186. The Morgan fingerprint density at radius 1 is 1.20 bits per heavy atom. The van der Waals surface area contributed by atoms with Crippen molar-refractivity contribution in [2.24, 2.45) is 0 Å². The first-order valence-electron chi connectivity index (χ1n) is 8.67. The molecule has 0 bridgehead atoms. The van der Waals surface area contributed by atoms with Crippen LogP contribution in [0.4, 0.5) is 23.7 Å². The van der Waals surface area contributed by atoms with Gasteiger partial charge in [0.1, 0.15) is 17.1 Å². The molecule has 0 saturated carbocycles. The Balaban J connectivity index is 2.03. The summed E-state index contributed by atoms with van der Waals surface area (Å²) in [7, 11) is 0. The van der Waals surface area contributed by atoms with Crippen LogP contribution in [-0.4, -0.2) is 22.7 Å². The topological polar surface area (TPSA) is 75.8 Å². The molecule has 3 rings (SSSR count). The van der Waals surface area contributed by atoms with Crippen LogP contribution in [0, 0.1) is 6.92 Å². The van der Waals surface area contributed by atoms with Gasteiger partial charge in [0.25, 0.3) is 0 Å². The number of carboxylic acid groups (broad SMARTS) is 1. The number of carbonyl (C=O) groups is 1. The highest BCUT2D eigenvalue weighted by molar-refractivity contribution is 6.31. The van der Waals surface area contributed by atoms with Gasteiger partial charge < -0.3 is 14.4 Å². The zero-order valence-electron chi connectivity index (χ0n) is 15.8. The fourth-order valence-corrected chi connectivity index (χ4v) is 3.36. The minimum absolute atomic E-state index is 0.160. The number of rotatable bonds is 5. The van der Waals surface area contributed by atoms with Crippen LogP contribution in [0.15, 0.2) is 53.1 Å². The third-order valence-corrected chi connectivity index (χ3v) is 4.73. The SMILES string of the molecule is Cc1onc(-c2ccc(OC(F)(F)F)cc2)c1N(C(=O)O)C(C)c1ccccc1Cl. The third kappa shape index (κ3) is 4.51. The maximum absolute atomic E-state index is 12.4. The maximum Gasteiger partial charge on any atom is 0.573 e. The molecule has 2 aromatic carbocycles. The van der Waals surface area contributed by atoms with Crippen LogP contribution in [0.2, 0.25) is 5.02 Å². The van der Waals surface area contributed by atoms with E-state index in [0.717, 1.165) is 17.0 Å². The number of aryl methyl sites for hydroxylation is 1. The molecule has 0 spiro atoms. The molecular formula is C20H16ClF3N2O4. The van der Waals surface area contributed by atoms with Crippen LogP contribution >= 0.6 is 11.6 Å². The second kappa shape index (κ2) is 8.27. The van der Waals surface area contributed by atoms with Gasteiger partial charge in [-0.2, -0.15) is 0 Å². The van der Waals surface area contributed by atoms with Crippen LogP contribution < -0.4 is 9.64 Å². The Labute approximate surface area is 174 Å². The van der Waals surface area contributed by atoms with E-state index in [1.807, 2.05) is 0 Å². The second-order valence-corrected chi connectivity index (χ2v) is 6.77. The van der Waals surface area contributed by atoms with Crippen molar-refractivity contribution in [3.8, 4) is 17.0 Å². The van der Waals surface area contributed by atoms with Crippen molar-refractivity contribution in [3.63, 3.8) is 0 Å². The molecule has 0 aliphatic carbocycles. The van der Waals surface area contributed by atoms with Gasteiger partial charge >= 0.3 is 12.5 Å². The lowest BCUT2D eigenvalue weighted by Crippen LogP contribution is -2.33. The third-order valence-electron chi connectivity index (χ3n) is 4.38. The molecule has 10 heteroatoms. The molecule has 3 aromatic rings.